The second kappa shape index (κ2) is 9.41. The fourth-order valence-corrected chi connectivity index (χ4v) is 5.54. The molecule has 3 rings (SSSR count). The number of carbonyl (C=O) groups excluding carboxylic acids is 2. The summed E-state index contributed by atoms with van der Waals surface area (Å²) in [6, 6.07) is 6.18. The fourth-order valence-electron chi connectivity index (χ4n) is 3.87. The summed E-state index contributed by atoms with van der Waals surface area (Å²) in [6.45, 7) is 0. The summed E-state index contributed by atoms with van der Waals surface area (Å²) in [7, 11) is -3.05. The minimum Gasteiger partial charge on any atom is -0.349 e. The second-order valence-electron chi connectivity index (χ2n) is 7.79. The highest BCUT2D eigenvalue weighted by atomic mass is 32.2. The molecule has 2 aliphatic rings. The predicted molar refractivity (Wildman–Crippen MR) is 109 cm³/mol. The minimum atomic E-state index is -3.05. The maximum absolute atomic E-state index is 12.6. The first-order valence-corrected chi connectivity index (χ1v) is 11.9. The van der Waals surface area contributed by atoms with Crippen LogP contribution in [0.25, 0.3) is 0 Å². The zero-order chi connectivity index (χ0) is 20.0. The molecule has 1 heterocycles. The number of rotatable bonds is 4. The van der Waals surface area contributed by atoms with Gasteiger partial charge in [0.05, 0.1) is 11.5 Å². The monoisotopic (exact) mass is 407 g/mol. The molecular weight excluding hydrogens is 378 g/mol. The van der Waals surface area contributed by atoms with Crippen molar-refractivity contribution in [3.05, 3.63) is 29.8 Å². The van der Waals surface area contributed by atoms with E-state index in [1.807, 2.05) is 0 Å². The fraction of sp³-hybridized carbons (Fsp3) is 0.600. The van der Waals surface area contributed by atoms with E-state index in [9.17, 15) is 18.0 Å². The molecule has 3 amide bonds. The van der Waals surface area contributed by atoms with Gasteiger partial charge in [-0.3, -0.25) is 4.79 Å². The van der Waals surface area contributed by atoms with Crippen molar-refractivity contribution in [2.75, 3.05) is 16.8 Å². The Morgan fingerprint density at radius 2 is 1.61 bits per heavy atom. The number of nitrogens with one attached hydrogen (secondary N) is 3. The quantitative estimate of drug-likeness (QED) is 0.714. The van der Waals surface area contributed by atoms with Gasteiger partial charge in [-0.2, -0.15) is 0 Å². The molecule has 0 radical (unpaired) electrons. The van der Waals surface area contributed by atoms with Gasteiger partial charge >= 0.3 is 6.03 Å². The van der Waals surface area contributed by atoms with Crippen LogP contribution >= 0.6 is 0 Å². The standard InChI is InChI=1S/C20H29N3O4S/c24-19(21-16-8-4-2-1-3-5-9-16)15-7-6-10-17(13-15)22-20(25)23-18-11-12-28(26,27)14-18/h6-7,10,13,16,18H,1-5,8-9,11-12,14H2,(H,21,24)(H2,22,23,25)/t18-/m0/s1. The number of anilines is 1. The van der Waals surface area contributed by atoms with Gasteiger partial charge in [-0.1, -0.05) is 38.2 Å². The van der Waals surface area contributed by atoms with Gasteiger partial charge in [0, 0.05) is 23.3 Å². The Labute approximate surface area is 166 Å². The Morgan fingerprint density at radius 1 is 0.893 bits per heavy atom. The molecule has 1 saturated carbocycles. The topological polar surface area (TPSA) is 104 Å². The van der Waals surface area contributed by atoms with Crippen molar-refractivity contribution < 1.29 is 18.0 Å². The number of benzene rings is 1. The van der Waals surface area contributed by atoms with Crippen LogP contribution in [0.1, 0.15) is 61.7 Å². The summed E-state index contributed by atoms with van der Waals surface area (Å²) in [5, 5.41) is 8.49. The van der Waals surface area contributed by atoms with E-state index < -0.39 is 15.9 Å². The first-order valence-electron chi connectivity index (χ1n) is 10.1. The average molecular weight is 408 g/mol. The molecule has 1 saturated heterocycles. The van der Waals surface area contributed by atoms with Crippen LogP contribution in [-0.2, 0) is 9.84 Å². The number of sulfone groups is 1. The first kappa shape index (κ1) is 20.6. The van der Waals surface area contributed by atoms with Gasteiger partial charge in [-0.15, -0.1) is 0 Å². The normalized spacial score (nSPS) is 22.6. The highest BCUT2D eigenvalue weighted by molar-refractivity contribution is 7.91. The molecule has 7 nitrogen and oxygen atoms in total. The highest BCUT2D eigenvalue weighted by Crippen LogP contribution is 2.18. The highest BCUT2D eigenvalue weighted by Gasteiger charge is 2.28. The van der Waals surface area contributed by atoms with Crippen LogP contribution in [0, 0.1) is 0 Å². The zero-order valence-electron chi connectivity index (χ0n) is 16.1. The van der Waals surface area contributed by atoms with Crippen molar-refractivity contribution in [2.45, 2.75) is 63.5 Å². The van der Waals surface area contributed by atoms with Crippen LogP contribution in [0.5, 0.6) is 0 Å². The van der Waals surface area contributed by atoms with E-state index in [-0.39, 0.29) is 29.5 Å². The Kier molecular flexibility index (Phi) is 6.93. The van der Waals surface area contributed by atoms with Gasteiger partial charge in [-0.05, 0) is 37.5 Å². The van der Waals surface area contributed by atoms with E-state index in [1.165, 1.54) is 19.3 Å². The Hall–Kier alpha value is -2.09. The molecule has 1 aliphatic carbocycles. The van der Waals surface area contributed by atoms with Crippen molar-refractivity contribution in [3.63, 3.8) is 0 Å². The van der Waals surface area contributed by atoms with Gasteiger partial charge in [0.15, 0.2) is 9.84 Å². The minimum absolute atomic E-state index is 0.0236. The van der Waals surface area contributed by atoms with E-state index >= 15 is 0 Å². The third-order valence-corrected chi connectivity index (χ3v) is 7.16. The Bertz CT molecular complexity index is 801. The molecule has 154 valence electrons. The molecule has 0 aromatic heterocycles. The van der Waals surface area contributed by atoms with Crippen molar-refractivity contribution in [1.82, 2.24) is 10.6 Å². The van der Waals surface area contributed by atoms with E-state index in [0.29, 0.717) is 17.7 Å². The van der Waals surface area contributed by atoms with Crippen LogP contribution in [-0.4, -0.2) is 43.9 Å². The van der Waals surface area contributed by atoms with Crippen molar-refractivity contribution >= 4 is 27.5 Å². The van der Waals surface area contributed by atoms with Gasteiger partial charge in [0.2, 0.25) is 0 Å². The molecule has 3 N–H and O–H groups in total. The van der Waals surface area contributed by atoms with Crippen LogP contribution < -0.4 is 16.0 Å². The van der Waals surface area contributed by atoms with Gasteiger partial charge in [0.1, 0.15) is 0 Å². The molecule has 1 atom stereocenters. The summed E-state index contributed by atoms with van der Waals surface area (Å²) < 4.78 is 23.0. The molecule has 1 aromatic carbocycles. The lowest BCUT2D eigenvalue weighted by Gasteiger charge is -2.21. The number of carbonyl (C=O) groups is 2. The molecule has 1 aromatic rings. The maximum atomic E-state index is 12.6. The molecular formula is C20H29N3O4S. The van der Waals surface area contributed by atoms with E-state index in [1.54, 1.807) is 24.3 Å². The van der Waals surface area contributed by atoms with Crippen LogP contribution in [0.2, 0.25) is 0 Å². The van der Waals surface area contributed by atoms with Crippen molar-refractivity contribution in [1.29, 1.82) is 0 Å². The number of hydrogen-bond donors (Lipinski definition) is 3. The van der Waals surface area contributed by atoms with Gasteiger partial charge in [0.25, 0.3) is 5.91 Å². The predicted octanol–water partition coefficient (Wildman–Crippen LogP) is 2.84. The third-order valence-electron chi connectivity index (χ3n) is 5.39. The van der Waals surface area contributed by atoms with Crippen molar-refractivity contribution in [3.8, 4) is 0 Å². The lowest BCUT2D eigenvalue weighted by atomic mass is 9.96. The molecule has 1 aliphatic heterocycles. The van der Waals surface area contributed by atoms with Crippen LogP contribution in [0.3, 0.4) is 0 Å². The lowest BCUT2D eigenvalue weighted by Crippen LogP contribution is -2.38. The number of amides is 3. The summed E-state index contributed by atoms with van der Waals surface area (Å²) in [5.74, 6) is -0.0459. The lowest BCUT2D eigenvalue weighted by molar-refractivity contribution is 0.0930. The van der Waals surface area contributed by atoms with Gasteiger partial charge in [-0.25, -0.2) is 13.2 Å². The first-order chi connectivity index (χ1) is 13.4. The Morgan fingerprint density at radius 3 is 2.29 bits per heavy atom. The summed E-state index contributed by atoms with van der Waals surface area (Å²) in [4.78, 5) is 24.7. The maximum Gasteiger partial charge on any atom is 0.319 e. The molecule has 8 heteroatoms. The summed E-state index contributed by atoms with van der Waals surface area (Å²) in [6.07, 6.45) is 8.47. The summed E-state index contributed by atoms with van der Waals surface area (Å²) in [5.41, 5.74) is 1.01. The van der Waals surface area contributed by atoms with Crippen LogP contribution in [0.4, 0.5) is 10.5 Å². The van der Waals surface area contributed by atoms with Gasteiger partial charge < -0.3 is 16.0 Å². The largest absolute Gasteiger partial charge is 0.349 e. The number of urea groups is 1. The third kappa shape index (κ3) is 6.22. The van der Waals surface area contributed by atoms with E-state index in [4.69, 9.17) is 0 Å². The Balaban J connectivity index is 1.54. The molecule has 0 bridgehead atoms. The smallest absolute Gasteiger partial charge is 0.319 e. The summed E-state index contributed by atoms with van der Waals surface area (Å²) >= 11 is 0. The second-order valence-corrected chi connectivity index (χ2v) is 10.0. The molecule has 0 unspecified atom stereocenters. The van der Waals surface area contributed by atoms with Crippen LogP contribution in [0.15, 0.2) is 24.3 Å². The molecule has 0 spiro atoms. The SMILES string of the molecule is O=C(Nc1cccc(C(=O)NC2CCCCCCC2)c1)N[C@H]1CCS(=O)(=O)C1. The molecule has 2 fully saturated rings. The molecule has 28 heavy (non-hydrogen) atoms. The average Bonchev–Trinajstić information content (AvgIpc) is 2.95. The van der Waals surface area contributed by atoms with Crippen molar-refractivity contribution in [2.24, 2.45) is 0 Å². The van der Waals surface area contributed by atoms with E-state index in [2.05, 4.69) is 16.0 Å². The number of hydrogen-bond acceptors (Lipinski definition) is 4. The zero-order valence-corrected chi connectivity index (χ0v) is 16.9. The van der Waals surface area contributed by atoms with E-state index in [0.717, 1.165) is 25.7 Å².